The Kier molecular flexibility index (Phi) is 4.32. The van der Waals surface area contributed by atoms with Crippen LogP contribution in [0.5, 0.6) is 5.75 Å². The number of rotatable bonds is 3. The summed E-state index contributed by atoms with van der Waals surface area (Å²) in [7, 11) is 0. The summed E-state index contributed by atoms with van der Waals surface area (Å²) < 4.78 is 53.4. The minimum atomic E-state index is -4.84. The number of hydrogen-bond donors (Lipinski definition) is 0. The average molecular weight is 363 g/mol. The minimum Gasteiger partial charge on any atom is -0.406 e. The van der Waals surface area contributed by atoms with Crippen molar-refractivity contribution in [3.8, 4) is 5.75 Å². The van der Waals surface area contributed by atoms with Crippen molar-refractivity contribution in [1.29, 1.82) is 0 Å². The van der Waals surface area contributed by atoms with Crippen LogP contribution in [0.2, 0.25) is 0 Å². The predicted octanol–water partition coefficient (Wildman–Crippen LogP) is 4.72. The van der Waals surface area contributed by atoms with Crippen LogP contribution in [0.3, 0.4) is 0 Å². The van der Waals surface area contributed by atoms with E-state index in [-0.39, 0.29) is 15.6 Å². The first-order valence-corrected chi connectivity index (χ1v) is 6.41. The molecule has 0 spiro atoms. The summed E-state index contributed by atoms with van der Waals surface area (Å²) in [5.41, 5.74) is 0.143. The summed E-state index contributed by atoms with van der Waals surface area (Å²) >= 11 is 3.04. The lowest BCUT2D eigenvalue weighted by Gasteiger charge is -2.10. The van der Waals surface area contributed by atoms with Gasteiger partial charge in [-0.15, -0.1) is 13.2 Å². The van der Waals surface area contributed by atoms with E-state index in [1.807, 2.05) is 0 Å². The van der Waals surface area contributed by atoms with Crippen molar-refractivity contribution in [3.63, 3.8) is 0 Å². The second kappa shape index (κ2) is 5.85. The molecule has 0 atom stereocenters. The number of alkyl halides is 3. The Morgan fingerprint density at radius 1 is 1.10 bits per heavy atom. The molecule has 7 heteroatoms. The van der Waals surface area contributed by atoms with Crippen LogP contribution in [0.1, 0.15) is 15.9 Å². The van der Waals surface area contributed by atoms with Crippen LogP contribution in [-0.4, -0.2) is 12.1 Å². The molecule has 0 aliphatic heterocycles. The summed E-state index contributed by atoms with van der Waals surface area (Å²) in [4.78, 5) is 12.2. The van der Waals surface area contributed by atoms with E-state index in [2.05, 4.69) is 20.7 Å². The van der Waals surface area contributed by atoms with E-state index in [4.69, 9.17) is 0 Å². The first kappa shape index (κ1) is 15.5. The summed E-state index contributed by atoms with van der Waals surface area (Å²) in [6.45, 7) is 0. The van der Waals surface area contributed by atoms with E-state index in [1.54, 1.807) is 0 Å². The molecule has 2 nitrogen and oxygen atoms in total. The number of carbonyl (C=O) groups is 1. The Balaban J connectivity index is 2.33. The quantitative estimate of drug-likeness (QED) is 0.583. The van der Waals surface area contributed by atoms with Crippen molar-refractivity contribution < 1.29 is 27.1 Å². The molecule has 0 amide bonds. The molecule has 2 aromatic carbocycles. The molecule has 0 fully saturated rings. The fourth-order valence-corrected chi connectivity index (χ4v) is 2.19. The Labute approximate surface area is 125 Å². The highest BCUT2D eigenvalue weighted by atomic mass is 79.9. The van der Waals surface area contributed by atoms with Crippen LogP contribution in [0.15, 0.2) is 46.9 Å². The van der Waals surface area contributed by atoms with E-state index >= 15 is 0 Å². The molecule has 2 aromatic rings. The monoisotopic (exact) mass is 362 g/mol. The second-order valence-electron chi connectivity index (χ2n) is 4.03. The van der Waals surface area contributed by atoms with Crippen LogP contribution in [0.25, 0.3) is 0 Å². The summed E-state index contributed by atoms with van der Waals surface area (Å²) in [5, 5.41) is 0. The van der Waals surface area contributed by atoms with Crippen LogP contribution in [0.4, 0.5) is 17.6 Å². The zero-order chi connectivity index (χ0) is 15.6. The fraction of sp³-hybridized carbons (Fsp3) is 0.0714. The summed E-state index contributed by atoms with van der Waals surface area (Å²) in [6.07, 6.45) is -4.84. The zero-order valence-electron chi connectivity index (χ0n) is 10.2. The molecule has 21 heavy (non-hydrogen) atoms. The van der Waals surface area contributed by atoms with Crippen molar-refractivity contribution in [2.75, 3.05) is 0 Å². The predicted molar refractivity (Wildman–Crippen MR) is 70.7 cm³/mol. The van der Waals surface area contributed by atoms with Gasteiger partial charge in [0.05, 0.1) is 0 Å². The maximum atomic E-state index is 13.0. The molecule has 2 rings (SSSR count). The number of halogens is 5. The fourth-order valence-electron chi connectivity index (χ4n) is 1.66. The van der Waals surface area contributed by atoms with Gasteiger partial charge in [0.1, 0.15) is 11.6 Å². The highest BCUT2D eigenvalue weighted by Gasteiger charge is 2.31. The summed E-state index contributed by atoms with van der Waals surface area (Å²) in [5.74, 6) is -1.58. The van der Waals surface area contributed by atoms with Crippen molar-refractivity contribution in [2.45, 2.75) is 6.36 Å². The van der Waals surface area contributed by atoms with Crippen molar-refractivity contribution >= 4 is 21.7 Å². The highest BCUT2D eigenvalue weighted by molar-refractivity contribution is 9.10. The lowest BCUT2D eigenvalue weighted by Crippen LogP contribution is -2.17. The first-order chi connectivity index (χ1) is 9.76. The molecule has 0 unspecified atom stereocenters. The van der Waals surface area contributed by atoms with Gasteiger partial charge in [-0.1, -0.05) is 12.1 Å². The minimum absolute atomic E-state index is 0.00376. The Morgan fingerprint density at radius 3 is 2.43 bits per heavy atom. The molecule has 0 aliphatic carbocycles. The van der Waals surface area contributed by atoms with Gasteiger partial charge in [-0.3, -0.25) is 4.79 Å². The van der Waals surface area contributed by atoms with E-state index in [0.29, 0.717) is 0 Å². The third-order valence-corrected chi connectivity index (χ3v) is 3.16. The lowest BCUT2D eigenvalue weighted by molar-refractivity contribution is -0.274. The Morgan fingerprint density at radius 2 is 1.81 bits per heavy atom. The van der Waals surface area contributed by atoms with Crippen molar-refractivity contribution in [1.82, 2.24) is 0 Å². The van der Waals surface area contributed by atoms with Gasteiger partial charge in [-0.05, 0) is 46.3 Å². The summed E-state index contributed by atoms with van der Waals surface area (Å²) in [6, 6.07) is 8.12. The maximum Gasteiger partial charge on any atom is 0.573 e. The molecule has 0 saturated heterocycles. The molecular weight excluding hydrogens is 356 g/mol. The van der Waals surface area contributed by atoms with Gasteiger partial charge in [0.2, 0.25) is 0 Å². The number of carbonyl (C=O) groups excluding carboxylic acids is 1. The molecule has 0 saturated carbocycles. The normalized spacial score (nSPS) is 11.3. The van der Waals surface area contributed by atoms with Crippen LogP contribution in [-0.2, 0) is 0 Å². The molecular formula is C14H7BrF4O2. The number of ether oxygens (including phenoxy) is 1. The SMILES string of the molecule is O=C(c1cccc(OC(F)(F)F)c1)c1ccc(F)cc1Br. The molecule has 110 valence electrons. The average Bonchev–Trinajstić information content (AvgIpc) is 2.36. The lowest BCUT2D eigenvalue weighted by atomic mass is 10.0. The van der Waals surface area contributed by atoms with Gasteiger partial charge in [0.15, 0.2) is 5.78 Å². The van der Waals surface area contributed by atoms with Gasteiger partial charge in [-0.2, -0.15) is 0 Å². The largest absolute Gasteiger partial charge is 0.573 e. The maximum absolute atomic E-state index is 13.0. The smallest absolute Gasteiger partial charge is 0.406 e. The molecule has 0 bridgehead atoms. The van der Waals surface area contributed by atoms with Gasteiger partial charge >= 0.3 is 6.36 Å². The van der Waals surface area contributed by atoms with Crippen LogP contribution in [0, 0.1) is 5.82 Å². The number of hydrogen-bond acceptors (Lipinski definition) is 2. The molecule has 0 N–H and O–H groups in total. The number of ketones is 1. The van der Waals surface area contributed by atoms with E-state index in [0.717, 1.165) is 24.3 Å². The Bertz CT molecular complexity index is 683. The Hall–Kier alpha value is -1.89. The van der Waals surface area contributed by atoms with Crippen LogP contribution >= 0.6 is 15.9 Å². The first-order valence-electron chi connectivity index (χ1n) is 5.62. The third kappa shape index (κ3) is 4.04. The third-order valence-electron chi connectivity index (χ3n) is 2.51. The molecule has 0 aromatic heterocycles. The van der Waals surface area contributed by atoms with Crippen LogP contribution < -0.4 is 4.74 Å². The molecule has 0 heterocycles. The van der Waals surface area contributed by atoms with E-state index < -0.39 is 23.7 Å². The van der Waals surface area contributed by atoms with Gasteiger partial charge in [0.25, 0.3) is 0 Å². The van der Waals surface area contributed by atoms with Gasteiger partial charge in [-0.25, -0.2) is 4.39 Å². The van der Waals surface area contributed by atoms with E-state index in [1.165, 1.54) is 18.2 Å². The van der Waals surface area contributed by atoms with Crippen molar-refractivity contribution in [2.24, 2.45) is 0 Å². The topological polar surface area (TPSA) is 26.3 Å². The number of benzene rings is 2. The highest BCUT2D eigenvalue weighted by Crippen LogP contribution is 2.26. The van der Waals surface area contributed by atoms with Crippen molar-refractivity contribution in [3.05, 3.63) is 63.9 Å². The zero-order valence-corrected chi connectivity index (χ0v) is 11.8. The van der Waals surface area contributed by atoms with E-state index in [9.17, 15) is 22.4 Å². The molecule has 0 radical (unpaired) electrons. The second-order valence-corrected chi connectivity index (χ2v) is 4.88. The standard InChI is InChI=1S/C14H7BrF4O2/c15-12-7-9(16)4-5-11(12)13(20)8-2-1-3-10(6-8)21-14(17,18)19/h1-7H. The molecule has 0 aliphatic rings. The van der Waals surface area contributed by atoms with Gasteiger partial charge < -0.3 is 4.74 Å². The van der Waals surface area contributed by atoms with Gasteiger partial charge in [0, 0.05) is 15.6 Å².